The summed E-state index contributed by atoms with van der Waals surface area (Å²) in [6, 6.07) is 0. The average molecular weight is 249 g/mol. The van der Waals surface area contributed by atoms with E-state index in [9.17, 15) is 0 Å². The molecule has 0 rings (SSSR count). The molecule has 88 valence electrons. The summed E-state index contributed by atoms with van der Waals surface area (Å²) in [4.78, 5) is 0. The Kier molecular flexibility index (Phi) is 22.9. The second-order valence-corrected chi connectivity index (χ2v) is 2.85. The molecule has 0 amide bonds. The normalized spacial score (nSPS) is 9.43. The zero-order valence-electron chi connectivity index (χ0n) is 8.38. The smallest absolute Gasteiger partial charge is 0.0967 e. The molecule has 0 unspecified atom stereocenters. The van der Waals surface area contributed by atoms with Gasteiger partial charge in [-0.1, -0.05) is 0 Å². The quantitative estimate of drug-likeness (QED) is 0.516. The summed E-state index contributed by atoms with van der Waals surface area (Å²) in [5.74, 6) is 0. The minimum absolute atomic E-state index is 0.0675. The summed E-state index contributed by atoms with van der Waals surface area (Å²) in [7, 11) is 1.63. The monoisotopic (exact) mass is 248 g/mol. The van der Waals surface area contributed by atoms with Crippen molar-refractivity contribution in [3.8, 4) is 0 Å². The van der Waals surface area contributed by atoms with Crippen molar-refractivity contribution in [1.29, 1.82) is 0 Å². The fourth-order valence-corrected chi connectivity index (χ4v) is 0.529. The largest absolute Gasteiger partial charge is 0.394 e. The van der Waals surface area contributed by atoms with E-state index in [0.717, 1.165) is 0 Å². The van der Waals surface area contributed by atoms with Crippen LogP contribution >= 0.6 is 23.2 Å². The molecule has 0 bridgehead atoms. The van der Waals surface area contributed by atoms with Gasteiger partial charge >= 0.3 is 0 Å². The van der Waals surface area contributed by atoms with Gasteiger partial charge in [-0.2, -0.15) is 0 Å². The minimum Gasteiger partial charge on any atom is -0.394 e. The van der Waals surface area contributed by atoms with Gasteiger partial charge in [0.2, 0.25) is 0 Å². The number of aliphatic hydroxyl groups is 1. The Morgan fingerprint density at radius 2 is 1.36 bits per heavy atom. The van der Waals surface area contributed by atoms with Gasteiger partial charge in [0.15, 0.2) is 0 Å². The van der Waals surface area contributed by atoms with Crippen molar-refractivity contribution in [1.82, 2.24) is 0 Å². The lowest BCUT2D eigenvalue weighted by Gasteiger charge is -2.03. The van der Waals surface area contributed by atoms with E-state index in [2.05, 4.69) is 0 Å². The van der Waals surface area contributed by atoms with Crippen molar-refractivity contribution in [2.45, 2.75) is 0 Å². The maximum absolute atomic E-state index is 8.32. The van der Waals surface area contributed by atoms with E-state index in [0.29, 0.717) is 33.0 Å². The van der Waals surface area contributed by atoms with E-state index in [1.54, 1.807) is 7.11 Å². The van der Waals surface area contributed by atoms with Crippen molar-refractivity contribution in [3.63, 3.8) is 0 Å². The van der Waals surface area contributed by atoms with E-state index in [4.69, 9.17) is 42.5 Å². The summed E-state index contributed by atoms with van der Waals surface area (Å²) in [5.41, 5.74) is 0. The van der Waals surface area contributed by atoms with E-state index in [1.807, 2.05) is 0 Å². The molecule has 6 heteroatoms. The number of methoxy groups -OCH3 is 1. The number of ether oxygens (including phenoxy) is 3. The average Bonchev–Trinajstić information content (AvgIpc) is 2.18. The van der Waals surface area contributed by atoms with Crippen LogP contribution in [0.4, 0.5) is 0 Å². The van der Waals surface area contributed by atoms with Crippen molar-refractivity contribution in [2.75, 3.05) is 52.1 Å². The first-order chi connectivity index (χ1) is 6.83. The first-order valence-corrected chi connectivity index (χ1v) is 5.27. The number of aliphatic hydroxyl groups excluding tert-OH is 1. The van der Waals surface area contributed by atoms with Crippen molar-refractivity contribution >= 4 is 23.2 Å². The van der Waals surface area contributed by atoms with Gasteiger partial charge in [0.1, 0.15) is 0 Å². The maximum atomic E-state index is 8.32. The van der Waals surface area contributed by atoms with Crippen LogP contribution in [-0.4, -0.2) is 57.2 Å². The molecule has 0 heterocycles. The number of hydrogen-bond donors (Lipinski definition) is 1. The molecule has 0 aromatic heterocycles. The lowest BCUT2D eigenvalue weighted by molar-refractivity contribution is 0.0159. The second kappa shape index (κ2) is 19.1. The lowest BCUT2D eigenvalue weighted by atomic mass is 10.7. The molecule has 0 fully saturated rings. The molecule has 0 aromatic rings. The third kappa shape index (κ3) is 22.8. The maximum Gasteiger partial charge on any atom is 0.0967 e. The van der Waals surface area contributed by atoms with Gasteiger partial charge in [0.05, 0.1) is 45.0 Å². The van der Waals surface area contributed by atoms with Gasteiger partial charge in [-0.05, 0) is 0 Å². The van der Waals surface area contributed by atoms with Crippen LogP contribution in [0, 0.1) is 0 Å². The van der Waals surface area contributed by atoms with Gasteiger partial charge in [-0.15, -0.1) is 23.2 Å². The number of halogens is 2. The second-order valence-electron chi connectivity index (χ2n) is 2.04. The number of hydrogen-bond acceptors (Lipinski definition) is 4. The van der Waals surface area contributed by atoms with E-state index >= 15 is 0 Å². The highest BCUT2D eigenvalue weighted by Crippen LogP contribution is 1.78. The molecular weight excluding hydrogens is 231 g/mol. The van der Waals surface area contributed by atoms with Crippen LogP contribution in [0.1, 0.15) is 0 Å². The highest BCUT2D eigenvalue weighted by atomic mass is 35.5. The summed E-state index contributed by atoms with van der Waals surface area (Å²) in [5, 5.41) is 8.52. The SMILES string of the molecule is COCCOCCOCCO.ClCCl. The molecular formula is C8H18Cl2O4. The number of alkyl halides is 2. The van der Waals surface area contributed by atoms with Crippen LogP contribution in [0.15, 0.2) is 0 Å². The van der Waals surface area contributed by atoms with Crippen molar-refractivity contribution < 1.29 is 19.3 Å². The summed E-state index contributed by atoms with van der Waals surface area (Å²) >= 11 is 9.53. The Hall–Kier alpha value is 0.420. The predicted octanol–water partition coefficient (Wildman–Crippen LogP) is 1.08. The Morgan fingerprint density at radius 1 is 0.929 bits per heavy atom. The number of rotatable bonds is 8. The van der Waals surface area contributed by atoms with E-state index in [-0.39, 0.29) is 11.9 Å². The lowest BCUT2D eigenvalue weighted by Crippen LogP contribution is -2.09. The molecule has 0 spiro atoms. The fourth-order valence-electron chi connectivity index (χ4n) is 0.529. The third-order valence-corrected chi connectivity index (χ3v) is 1.04. The molecule has 0 radical (unpaired) electrons. The van der Waals surface area contributed by atoms with Crippen molar-refractivity contribution in [3.05, 3.63) is 0 Å². The van der Waals surface area contributed by atoms with Crippen LogP contribution in [0.25, 0.3) is 0 Å². The fraction of sp³-hybridized carbons (Fsp3) is 1.00. The van der Waals surface area contributed by atoms with Gasteiger partial charge in [0.25, 0.3) is 0 Å². The van der Waals surface area contributed by atoms with Crippen LogP contribution < -0.4 is 0 Å². The molecule has 0 saturated carbocycles. The molecule has 14 heavy (non-hydrogen) atoms. The van der Waals surface area contributed by atoms with Crippen LogP contribution in [0.2, 0.25) is 0 Å². The van der Waals surface area contributed by atoms with Crippen LogP contribution in [-0.2, 0) is 14.2 Å². The molecule has 0 saturated heterocycles. The third-order valence-electron chi connectivity index (χ3n) is 1.04. The first-order valence-electron chi connectivity index (χ1n) is 4.20. The molecule has 0 atom stereocenters. The summed E-state index contributed by atoms with van der Waals surface area (Å²) < 4.78 is 14.8. The van der Waals surface area contributed by atoms with Crippen LogP contribution in [0.5, 0.6) is 0 Å². The minimum atomic E-state index is 0.0675. The van der Waals surface area contributed by atoms with Gasteiger partial charge in [-0.25, -0.2) is 0 Å². The first kappa shape index (κ1) is 16.8. The zero-order chi connectivity index (χ0) is 11.1. The zero-order valence-corrected chi connectivity index (χ0v) is 9.89. The Balaban J connectivity index is 0. The molecule has 0 aromatic carbocycles. The van der Waals surface area contributed by atoms with E-state index in [1.165, 1.54) is 0 Å². The van der Waals surface area contributed by atoms with Gasteiger partial charge < -0.3 is 19.3 Å². The molecule has 0 aliphatic carbocycles. The van der Waals surface area contributed by atoms with Crippen LogP contribution in [0.3, 0.4) is 0 Å². The Morgan fingerprint density at radius 3 is 1.79 bits per heavy atom. The highest BCUT2D eigenvalue weighted by Gasteiger charge is 1.87. The molecule has 1 N–H and O–H groups in total. The Bertz CT molecular complexity index is 77.7. The molecule has 0 aliphatic rings. The predicted molar refractivity (Wildman–Crippen MR) is 57.2 cm³/mol. The van der Waals surface area contributed by atoms with Crippen molar-refractivity contribution in [2.24, 2.45) is 0 Å². The van der Waals surface area contributed by atoms with Gasteiger partial charge in [-0.3, -0.25) is 0 Å². The highest BCUT2D eigenvalue weighted by molar-refractivity contribution is 6.40. The molecule has 0 aliphatic heterocycles. The molecule has 4 nitrogen and oxygen atoms in total. The van der Waals surface area contributed by atoms with Gasteiger partial charge in [0, 0.05) is 7.11 Å². The summed E-state index contributed by atoms with van der Waals surface area (Å²) in [6.45, 7) is 2.75. The summed E-state index contributed by atoms with van der Waals surface area (Å²) in [6.07, 6.45) is 0. The topological polar surface area (TPSA) is 47.9 Å². The standard InChI is InChI=1S/C7H16O4.CH2Cl2/c1-9-4-5-11-7-6-10-3-2-8;2-1-3/h8H,2-7H2,1H3;1H2. The Labute approximate surface area is 95.0 Å². The van der Waals surface area contributed by atoms with E-state index < -0.39 is 0 Å².